The first-order valence-electron chi connectivity index (χ1n) is 11.4. The number of nitrogens with zero attached hydrogens (tertiary/aromatic N) is 10. The predicted molar refractivity (Wildman–Crippen MR) is 128 cm³/mol. The molecular formula is C23H25N11O. The van der Waals surface area contributed by atoms with Crippen molar-refractivity contribution in [2.45, 2.75) is 46.2 Å². The van der Waals surface area contributed by atoms with Gasteiger partial charge in [0.25, 0.3) is 5.95 Å². The first-order chi connectivity index (χ1) is 17.1. The highest BCUT2D eigenvalue weighted by Gasteiger charge is 2.19. The van der Waals surface area contributed by atoms with Crippen LogP contribution in [0.15, 0.2) is 53.6 Å². The molecule has 1 aromatic carbocycles. The molecule has 0 unspecified atom stereocenters. The molecule has 1 N–H and O–H groups in total. The third-order valence-corrected chi connectivity index (χ3v) is 5.72. The summed E-state index contributed by atoms with van der Waals surface area (Å²) in [6, 6.07) is 11.7. The van der Waals surface area contributed by atoms with E-state index >= 15 is 0 Å². The van der Waals surface area contributed by atoms with Crippen LogP contribution >= 0.6 is 0 Å². The number of hydrogen-bond donors (Lipinski definition) is 1. The largest absolute Gasteiger partial charge is 0.335 e. The Morgan fingerprint density at radius 2 is 1.86 bits per heavy atom. The topological polar surface area (TPSA) is 138 Å². The van der Waals surface area contributed by atoms with Crippen LogP contribution < -0.4 is 5.69 Å². The molecule has 12 heteroatoms. The Morgan fingerprint density at radius 1 is 1.03 bits per heavy atom. The normalized spacial score (nSPS) is 11.4. The second-order valence-corrected chi connectivity index (χ2v) is 8.47. The van der Waals surface area contributed by atoms with Crippen LogP contribution in [-0.2, 0) is 13.0 Å². The lowest BCUT2D eigenvalue weighted by atomic mass is 10.0. The van der Waals surface area contributed by atoms with E-state index in [1.165, 1.54) is 4.57 Å². The average molecular weight is 472 g/mol. The van der Waals surface area contributed by atoms with Crippen molar-refractivity contribution in [3.63, 3.8) is 0 Å². The van der Waals surface area contributed by atoms with Crippen molar-refractivity contribution in [3.8, 4) is 28.6 Å². The highest BCUT2D eigenvalue weighted by Crippen LogP contribution is 2.28. The molecule has 35 heavy (non-hydrogen) atoms. The van der Waals surface area contributed by atoms with Gasteiger partial charge in [0.1, 0.15) is 0 Å². The van der Waals surface area contributed by atoms with E-state index in [4.69, 9.17) is 0 Å². The van der Waals surface area contributed by atoms with Gasteiger partial charge in [-0.3, -0.25) is 9.55 Å². The maximum Gasteiger partial charge on any atom is 0.335 e. The fourth-order valence-electron chi connectivity index (χ4n) is 4.02. The fourth-order valence-corrected chi connectivity index (χ4v) is 4.02. The van der Waals surface area contributed by atoms with Crippen LogP contribution in [0.3, 0.4) is 0 Å². The molecule has 0 amide bonds. The van der Waals surface area contributed by atoms with Crippen molar-refractivity contribution < 1.29 is 0 Å². The Hall–Kier alpha value is -4.48. The molecule has 178 valence electrons. The molecule has 0 aliphatic heterocycles. The summed E-state index contributed by atoms with van der Waals surface area (Å²) in [4.78, 5) is 18.1. The van der Waals surface area contributed by atoms with E-state index in [9.17, 15) is 4.79 Å². The van der Waals surface area contributed by atoms with Gasteiger partial charge in [0.2, 0.25) is 0 Å². The van der Waals surface area contributed by atoms with Crippen LogP contribution in [0, 0.1) is 0 Å². The van der Waals surface area contributed by atoms with Crippen molar-refractivity contribution in [1.29, 1.82) is 0 Å². The Bertz CT molecular complexity index is 1480. The molecule has 0 spiro atoms. The third-order valence-electron chi connectivity index (χ3n) is 5.72. The molecule has 4 heterocycles. The molecule has 0 radical (unpaired) electrons. The Balaban J connectivity index is 1.47. The summed E-state index contributed by atoms with van der Waals surface area (Å²) in [7, 11) is 0. The van der Waals surface area contributed by atoms with Crippen LogP contribution in [0.1, 0.15) is 44.5 Å². The van der Waals surface area contributed by atoms with Gasteiger partial charge in [0.15, 0.2) is 5.82 Å². The molecule has 5 rings (SSSR count). The maximum absolute atomic E-state index is 13.4. The average Bonchev–Trinajstić information content (AvgIpc) is 3.62. The van der Waals surface area contributed by atoms with Crippen LogP contribution in [0.5, 0.6) is 0 Å². The summed E-state index contributed by atoms with van der Waals surface area (Å²) in [5.41, 5.74) is 4.21. The van der Waals surface area contributed by atoms with Crippen molar-refractivity contribution in [3.05, 3.63) is 70.5 Å². The summed E-state index contributed by atoms with van der Waals surface area (Å²) < 4.78 is 4.92. The van der Waals surface area contributed by atoms with Crippen molar-refractivity contribution in [2.75, 3.05) is 0 Å². The van der Waals surface area contributed by atoms with Gasteiger partial charge in [-0.15, -0.1) is 5.10 Å². The quantitative estimate of drug-likeness (QED) is 0.364. The molecule has 4 aromatic heterocycles. The van der Waals surface area contributed by atoms with Crippen LogP contribution in [0.25, 0.3) is 28.6 Å². The van der Waals surface area contributed by atoms with Gasteiger partial charge < -0.3 is 0 Å². The number of nitrogens with one attached hydrogen (secondary N) is 1. The number of pyridine rings is 1. The molecule has 0 fully saturated rings. The van der Waals surface area contributed by atoms with E-state index < -0.39 is 0 Å². The minimum Gasteiger partial charge on any atom is -0.291 e. The number of aromatic nitrogens is 11. The lowest BCUT2D eigenvalue weighted by Gasteiger charge is -2.09. The van der Waals surface area contributed by atoms with Gasteiger partial charge in [-0.05, 0) is 52.8 Å². The van der Waals surface area contributed by atoms with E-state index in [1.54, 1.807) is 15.4 Å². The molecule has 0 aliphatic rings. The smallest absolute Gasteiger partial charge is 0.291 e. The second kappa shape index (κ2) is 9.41. The van der Waals surface area contributed by atoms with Crippen molar-refractivity contribution in [2.24, 2.45) is 0 Å². The highest BCUT2D eigenvalue weighted by molar-refractivity contribution is 5.78. The number of benzene rings is 1. The van der Waals surface area contributed by atoms with Crippen LogP contribution in [0.2, 0.25) is 0 Å². The Kier molecular flexibility index (Phi) is 6.00. The number of hydrogen-bond acceptors (Lipinski definition) is 8. The SMILES string of the molecule is CCCc1cn(-c2nnnn2C(C)C)c(=O)n1Cc1ccc(-c2ccccc2-c2nnn[nH]2)nc1. The Morgan fingerprint density at radius 3 is 2.54 bits per heavy atom. The molecular weight excluding hydrogens is 446 g/mol. The molecule has 0 saturated heterocycles. The summed E-state index contributed by atoms with van der Waals surface area (Å²) in [6.07, 6.45) is 5.29. The number of aryl methyl sites for hydroxylation is 1. The first kappa shape index (κ1) is 22.3. The fraction of sp³-hybridized carbons (Fsp3) is 0.304. The molecule has 12 nitrogen and oxygen atoms in total. The molecule has 0 saturated carbocycles. The van der Waals surface area contributed by atoms with E-state index in [-0.39, 0.29) is 11.7 Å². The van der Waals surface area contributed by atoms with Gasteiger partial charge in [-0.2, -0.15) is 0 Å². The molecule has 0 aliphatic carbocycles. The molecule has 0 atom stereocenters. The lowest BCUT2D eigenvalue weighted by Crippen LogP contribution is -2.27. The second-order valence-electron chi connectivity index (χ2n) is 8.47. The molecule has 0 bridgehead atoms. The van der Waals surface area contributed by atoms with Gasteiger partial charge in [0.05, 0.1) is 18.3 Å². The van der Waals surface area contributed by atoms with Crippen LogP contribution in [-0.4, -0.2) is 54.9 Å². The summed E-state index contributed by atoms with van der Waals surface area (Å²) in [6.45, 7) is 6.42. The first-order valence-corrected chi connectivity index (χ1v) is 11.4. The third kappa shape index (κ3) is 4.25. The predicted octanol–water partition coefficient (Wildman–Crippen LogP) is 2.45. The molecule has 5 aromatic rings. The zero-order chi connectivity index (χ0) is 24.4. The maximum atomic E-state index is 13.4. The number of rotatable bonds is 8. The minimum atomic E-state index is -0.183. The Labute approximate surface area is 200 Å². The number of H-pyrrole nitrogens is 1. The van der Waals surface area contributed by atoms with E-state index in [0.717, 1.165) is 40.9 Å². The number of aromatic amines is 1. The van der Waals surface area contributed by atoms with E-state index in [1.807, 2.05) is 56.4 Å². The number of imidazole rings is 1. The summed E-state index contributed by atoms with van der Waals surface area (Å²) >= 11 is 0. The highest BCUT2D eigenvalue weighted by atomic mass is 16.2. The van der Waals surface area contributed by atoms with E-state index in [2.05, 4.69) is 48.1 Å². The zero-order valence-corrected chi connectivity index (χ0v) is 19.7. The summed E-state index contributed by atoms with van der Waals surface area (Å²) in [5.74, 6) is 0.986. The van der Waals surface area contributed by atoms with Gasteiger partial charge in [-0.25, -0.2) is 19.1 Å². The van der Waals surface area contributed by atoms with Crippen molar-refractivity contribution in [1.82, 2.24) is 54.9 Å². The van der Waals surface area contributed by atoms with Gasteiger partial charge >= 0.3 is 5.69 Å². The van der Waals surface area contributed by atoms with E-state index in [0.29, 0.717) is 18.3 Å². The summed E-state index contributed by atoms with van der Waals surface area (Å²) in [5, 5.41) is 26.0. The minimum absolute atomic E-state index is 0.0252. The van der Waals surface area contributed by atoms with Gasteiger partial charge in [0, 0.05) is 29.2 Å². The lowest BCUT2D eigenvalue weighted by molar-refractivity contribution is 0.502. The van der Waals surface area contributed by atoms with Crippen molar-refractivity contribution >= 4 is 0 Å². The number of tetrazole rings is 2. The van der Waals surface area contributed by atoms with Crippen LogP contribution in [0.4, 0.5) is 0 Å². The van der Waals surface area contributed by atoms with Gasteiger partial charge in [-0.1, -0.05) is 48.8 Å². The monoisotopic (exact) mass is 471 g/mol. The standard InChI is InChI=1S/C23H25N11O/c1-4-7-17-14-33(22-27-30-31-34(22)15(2)3)23(35)32(17)13-16-10-11-20(24-12-16)18-8-5-6-9-19(18)21-25-28-29-26-21/h5-6,8-12,14-15H,4,7,13H2,1-3H3,(H,25,26,28,29). The zero-order valence-electron chi connectivity index (χ0n) is 19.7.